The Morgan fingerprint density at radius 2 is 1.70 bits per heavy atom. The van der Waals surface area contributed by atoms with E-state index in [0.717, 1.165) is 47.7 Å². The first-order chi connectivity index (χ1) is 15.6. The Labute approximate surface area is 197 Å². The van der Waals surface area contributed by atoms with Gasteiger partial charge in [0.05, 0.1) is 18.7 Å². The number of rotatable bonds is 8. The molecule has 0 atom stereocenters. The van der Waals surface area contributed by atoms with E-state index in [9.17, 15) is 14.7 Å². The topological polar surface area (TPSA) is 84.2 Å². The van der Waals surface area contributed by atoms with Crippen LogP contribution in [0.3, 0.4) is 0 Å². The fourth-order valence-corrected chi connectivity index (χ4v) is 5.06. The molecule has 0 saturated heterocycles. The van der Waals surface area contributed by atoms with E-state index in [-0.39, 0.29) is 18.4 Å². The molecule has 0 radical (unpaired) electrons. The third-order valence-electron chi connectivity index (χ3n) is 7.08. The van der Waals surface area contributed by atoms with Gasteiger partial charge in [0.25, 0.3) is 5.91 Å². The standard InChI is InChI=1S/C27H39N3O3/c1-6-23-22(16-25(31)32)24(7-2)30(29-23)17-18-8-10-19(11-9-18)26(33)28-21-14-12-20(13-15-21)27(3,4)5/h8-11,20-21H,6-7,12-17H2,1-5H3,(H,28,33)(H,31,32). The van der Waals surface area contributed by atoms with E-state index in [1.807, 2.05) is 42.8 Å². The van der Waals surface area contributed by atoms with Crippen LogP contribution in [0.15, 0.2) is 24.3 Å². The molecule has 3 rings (SSSR count). The number of aliphatic carboxylic acids is 1. The highest BCUT2D eigenvalue weighted by molar-refractivity contribution is 5.94. The average Bonchev–Trinajstić information content (AvgIpc) is 3.09. The fourth-order valence-electron chi connectivity index (χ4n) is 5.06. The smallest absolute Gasteiger partial charge is 0.307 e. The number of hydrogen-bond donors (Lipinski definition) is 2. The van der Waals surface area contributed by atoms with Crippen LogP contribution in [0.5, 0.6) is 0 Å². The van der Waals surface area contributed by atoms with Crippen molar-refractivity contribution in [3.8, 4) is 0 Å². The van der Waals surface area contributed by atoms with E-state index in [2.05, 4.69) is 31.2 Å². The fraction of sp³-hybridized carbons (Fsp3) is 0.593. The lowest BCUT2D eigenvalue weighted by Gasteiger charge is -2.37. The normalized spacial score (nSPS) is 18.8. The number of nitrogens with one attached hydrogen (secondary N) is 1. The Kier molecular flexibility index (Phi) is 7.98. The molecule has 1 heterocycles. The van der Waals surface area contributed by atoms with Crippen LogP contribution in [-0.4, -0.2) is 32.8 Å². The van der Waals surface area contributed by atoms with Crippen molar-refractivity contribution < 1.29 is 14.7 Å². The maximum absolute atomic E-state index is 12.8. The van der Waals surface area contributed by atoms with Crippen molar-refractivity contribution in [1.82, 2.24) is 15.1 Å². The van der Waals surface area contributed by atoms with Gasteiger partial charge in [-0.1, -0.05) is 46.8 Å². The largest absolute Gasteiger partial charge is 0.481 e. The minimum absolute atomic E-state index is 0.00310. The van der Waals surface area contributed by atoms with Crippen LogP contribution < -0.4 is 5.32 Å². The van der Waals surface area contributed by atoms with Gasteiger partial charge in [-0.2, -0.15) is 5.10 Å². The molecule has 0 unspecified atom stereocenters. The average molecular weight is 454 g/mol. The van der Waals surface area contributed by atoms with Gasteiger partial charge in [-0.25, -0.2) is 0 Å². The lowest BCUT2D eigenvalue weighted by atomic mass is 9.71. The third-order valence-corrected chi connectivity index (χ3v) is 7.08. The molecule has 33 heavy (non-hydrogen) atoms. The van der Waals surface area contributed by atoms with E-state index in [1.165, 1.54) is 12.8 Å². The number of benzene rings is 1. The summed E-state index contributed by atoms with van der Waals surface area (Å²) in [6.07, 6.45) is 5.86. The molecule has 0 aliphatic heterocycles. The highest BCUT2D eigenvalue weighted by Crippen LogP contribution is 2.37. The minimum atomic E-state index is -0.832. The second kappa shape index (κ2) is 10.5. The molecule has 1 saturated carbocycles. The number of carbonyl (C=O) groups excluding carboxylic acids is 1. The van der Waals surface area contributed by atoms with Crippen LogP contribution in [0.2, 0.25) is 0 Å². The number of aryl methyl sites for hydroxylation is 1. The van der Waals surface area contributed by atoms with Crippen molar-refractivity contribution in [2.24, 2.45) is 11.3 Å². The molecule has 1 aromatic carbocycles. The summed E-state index contributed by atoms with van der Waals surface area (Å²) in [6, 6.07) is 7.94. The zero-order valence-corrected chi connectivity index (χ0v) is 20.8. The lowest BCUT2D eigenvalue weighted by molar-refractivity contribution is -0.136. The van der Waals surface area contributed by atoms with Gasteiger partial charge in [0, 0.05) is 22.9 Å². The summed E-state index contributed by atoms with van der Waals surface area (Å²) in [4.78, 5) is 24.1. The Morgan fingerprint density at radius 1 is 1.06 bits per heavy atom. The molecule has 1 aromatic heterocycles. The van der Waals surface area contributed by atoms with Crippen LogP contribution in [0.25, 0.3) is 0 Å². The molecule has 1 aliphatic carbocycles. The van der Waals surface area contributed by atoms with Gasteiger partial charge in [0.15, 0.2) is 0 Å². The highest BCUT2D eigenvalue weighted by atomic mass is 16.4. The monoisotopic (exact) mass is 453 g/mol. The van der Waals surface area contributed by atoms with Gasteiger partial charge >= 0.3 is 5.97 Å². The molecule has 1 aliphatic rings. The van der Waals surface area contributed by atoms with Crippen LogP contribution in [-0.2, 0) is 30.6 Å². The van der Waals surface area contributed by atoms with Crippen LogP contribution in [0, 0.1) is 11.3 Å². The van der Waals surface area contributed by atoms with Crippen molar-refractivity contribution in [3.63, 3.8) is 0 Å². The van der Waals surface area contributed by atoms with Crippen LogP contribution in [0.1, 0.15) is 93.2 Å². The van der Waals surface area contributed by atoms with Crippen LogP contribution in [0.4, 0.5) is 0 Å². The molecule has 2 aromatic rings. The summed E-state index contributed by atoms with van der Waals surface area (Å²) < 4.78 is 1.92. The summed E-state index contributed by atoms with van der Waals surface area (Å²) in [6.45, 7) is 11.5. The zero-order chi connectivity index (χ0) is 24.2. The summed E-state index contributed by atoms with van der Waals surface area (Å²) in [7, 11) is 0. The first-order valence-electron chi connectivity index (χ1n) is 12.3. The Balaban J connectivity index is 1.63. The molecule has 6 heteroatoms. The quantitative estimate of drug-likeness (QED) is 0.588. The van der Waals surface area contributed by atoms with Crippen LogP contribution >= 0.6 is 0 Å². The first kappa shape index (κ1) is 25.0. The molecule has 1 fully saturated rings. The number of carbonyl (C=O) groups is 2. The molecule has 180 valence electrons. The minimum Gasteiger partial charge on any atom is -0.481 e. The molecular weight excluding hydrogens is 414 g/mol. The van der Waals surface area contributed by atoms with Gasteiger partial charge in [0.2, 0.25) is 0 Å². The maximum atomic E-state index is 12.8. The maximum Gasteiger partial charge on any atom is 0.307 e. The van der Waals surface area contributed by atoms with E-state index in [4.69, 9.17) is 0 Å². The number of carboxylic acids is 1. The van der Waals surface area contributed by atoms with Crippen molar-refractivity contribution >= 4 is 11.9 Å². The zero-order valence-electron chi connectivity index (χ0n) is 20.8. The summed E-state index contributed by atoms with van der Waals surface area (Å²) in [5.41, 5.74) is 4.72. The van der Waals surface area contributed by atoms with Crippen molar-refractivity contribution in [2.45, 2.75) is 92.2 Å². The van der Waals surface area contributed by atoms with Crippen molar-refractivity contribution in [3.05, 3.63) is 52.3 Å². The Morgan fingerprint density at radius 3 is 2.21 bits per heavy atom. The van der Waals surface area contributed by atoms with E-state index >= 15 is 0 Å². The summed E-state index contributed by atoms with van der Waals surface area (Å²) in [5, 5.41) is 17.2. The second-order valence-electron chi connectivity index (χ2n) is 10.4. The van der Waals surface area contributed by atoms with Gasteiger partial charge in [-0.3, -0.25) is 14.3 Å². The second-order valence-corrected chi connectivity index (χ2v) is 10.4. The van der Waals surface area contributed by atoms with Gasteiger partial charge < -0.3 is 10.4 Å². The number of hydrogen-bond acceptors (Lipinski definition) is 3. The summed E-state index contributed by atoms with van der Waals surface area (Å²) >= 11 is 0. The summed E-state index contributed by atoms with van der Waals surface area (Å²) in [5.74, 6) is -0.114. The Bertz CT molecular complexity index is 962. The van der Waals surface area contributed by atoms with Crippen molar-refractivity contribution in [1.29, 1.82) is 0 Å². The number of aromatic nitrogens is 2. The predicted molar refractivity (Wildman–Crippen MR) is 131 cm³/mol. The van der Waals surface area contributed by atoms with E-state index < -0.39 is 5.97 Å². The SMILES string of the molecule is CCc1nn(Cc2ccc(C(=O)NC3CCC(C(C)(C)C)CC3)cc2)c(CC)c1CC(=O)O. The number of carboxylic acid groups (broad SMARTS) is 1. The lowest BCUT2D eigenvalue weighted by Crippen LogP contribution is -2.39. The van der Waals surface area contributed by atoms with E-state index in [1.54, 1.807) is 0 Å². The van der Waals surface area contributed by atoms with Crippen molar-refractivity contribution in [2.75, 3.05) is 0 Å². The van der Waals surface area contributed by atoms with Gasteiger partial charge in [0.1, 0.15) is 0 Å². The molecule has 0 spiro atoms. The van der Waals surface area contributed by atoms with Gasteiger partial charge in [-0.05, 0) is 67.6 Å². The van der Waals surface area contributed by atoms with Gasteiger partial charge in [-0.15, -0.1) is 0 Å². The third kappa shape index (κ3) is 6.24. The molecule has 6 nitrogen and oxygen atoms in total. The molecule has 1 amide bonds. The number of nitrogens with zero attached hydrogens (tertiary/aromatic N) is 2. The first-order valence-corrected chi connectivity index (χ1v) is 12.3. The highest BCUT2D eigenvalue weighted by Gasteiger charge is 2.30. The molecule has 2 N–H and O–H groups in total. The Hall–Kier alpha value is -2.63. The van der Waals surface area contributed by atoms with E-state index in [0.29, 0.717) is 23.9 Å². The molecule has 0 bridgehead atoms. The number of amides is 1. The predicted octanol–water partition coefficient (Wildman–Crippen LogP) is 5.02. The molecular formula is C27H39N3O3.